The lowest BCUT2D eigenvalue weighted by Crippen LogP contribution is -2.07. The highest BCUT2D eigenvalue weighted by Gasteiger charge is 2.05. The predicted octanol–water partition coefficient (Wildman–Crippen LogP) is 3.36. The van der Waals surface area contributed by atoms with Gasteiger partial charge < -0.3 is 5.11 Å². The molecule has 2 atom stereocenters. The average Bonchev–Trinajstić information content (AvgIpc) is 2.02. The molecule has 0 rings (SSSR count). The Morgan fingerprint density at radius 3 is 2.00 bits per heavy atom. The van der Waals surface area contributed by atoms with Crippen molar-refractivity contribution in [2.24, 2.45) is 5.92 Å². The maximum atomic E-state index is 9.47. The van der Waals surface area contributed by atoms with Crippen molar-refractivity contribution >= 4 is 0 Å². The monoisotopic (exact) mass is 172 g/mol. The van der Waals surface area contributed by atoms with Crippen LogP contribution in [-0.2, 0) is 0 Å². The molecular weight excluding hydrogens is 148 g/mol. The van der Waals surface area contributed by atoms with Gasteiger partial charge in [0.05, 0.1) is 6.10 Å². The summed E-state index contributed by atoms with van der Waals surface area (Å²) in [5.41, 5.74) is 0. The highest BCUT2D eigenvalue weighted by Crippen LogP contribution is 2.15. The number of rotatable bonds is 7. The van der Waals surface area contributed by atoms with Crippen molar-refractivity contribution in [3.8, 4) is 0 Å². The Kier molecular flexibility index (Phi) is 7.58. The molecule has 0 aliphatic rings. The van der Waals surface area contributed by atoms with Gasteiger partial charge in [-0.05, 0) is 25.2 Å². The summed E-state index contributed by atoms with van der Waals surface area (Å²) in [6.45, 7) is 6.62. The molecule has 0 heterocycles. The van der Waals surface area contributed by atoms with E-state index in [1.54, 1.807) is 0 Å². The van der Waals surface area contributed by atoms with Gasteiger partial charge in [-0.3, -0.25) is 0 Å². The molecule has 1 nitrogen and oxygen atoms in total. The zero-order valence-electron chi connectivity index (χ0n) is 8.84. The highest BCUT2D eigenvalue weighted by molar-refractivity contribution is 4.59. The molecule has 12 heavy (non-hydrogen) atoms. The molecule has 74 valence electrons. The van der Waals surface area contributed by atoms with E-state index >= 15 is 0 Å². The van der Waals surface area contributed by atoms with Crippen molar-refractivity contribution in [3.63, 3.8) is 0 Å². The summed E-state index contributed by atoms with van der Waals surface area (Å²) < 4.78 is 0. The van der Waals surface area contributed by atoms with Crippen molar-refractivity contribution in [2.75, 3.05) is 0 Å². The Morgan fingerprint density at radius 2 is 1.50 bits per heavy atom. The van der Waals surface area contributed by atoms with Gasteiger partial charge in [0.15, 0.2) is 0 Å². The van der Waals surface area contributed by atoms with Gasteiger partial charge in [-0.1, -0.05) is 40.0 Å². The molecule has 0 aromatic carbocycles. The lowest BCUT2D eigenvalue weighted by Gasteiger charge is -2.13. The minimum absolute atomic E-state index is 0.0469. The number of hydrogen-bond donors (Lipinski definition) is 1. The van der Waals surface area contributed by atoms with Gasteiger partial charge in [0, 0.05) is 0 Å². The van der Waals surface area contributed by atoms with Gasteiger partial charge in [-0.2, -0.15) is 0 Å². The van der Waals surface area contributed by atoms with E-state index in [1.807, 2.05) is 0 Å². The molecule has 0 saturated heterocycles. The van der Waals surface area contributed by atoms with E-state index < -0.39 is 0 Å². The topological polar surface area (TPSA) is 20.2 Å². The molecule has 1 N–H and O–H groups in total. The molecular formula is C11H24O. The molecule has 0 bridgehead atoms. The smallest absolute Gasteiger partial charge is 0.0540 e. The minimum atomic E-state index is -0.0469. The van der Waals surface area contributed by atoms with E-state index in [-0.39, 0.29) is 6.10 Å². The van der Waals surface area contributed by atoms with E-state index in [9.17, 15) is 5.11 Å². The largest absolute Gasteiger partial charge is 0.393 e. The Bertz CT molecular complexity index is 79.0. The fourth-order valence-electron chi connectivity index (χ4n) is 1.59. The van der Waals surface area contributed by atoms with E-state index in [1.165, 1.54) is 19.3 Å². The first kappa shape index (κ1) is 12.0. The Labute approximate surface area is 77.2 Å². The summed E-state index contributed by atoms with van der Waals surface area (Å²) in [6, 6.07) is 0. The molecule has 0 spiro atoms. The van der Waals surface area contributed by atoms with Gasteiger partial charge in [0.2, 0.25) is 0 Å². The molecule has 0 aromatic rings. The van der Waals surface area contributed by atoms with Gasteiger partial charge in [0.25, 0.3) is 0 Å². The van der Waals surface area contributed by atoms with Crippen LogP contribution in [0.1, 0.15) is 59.3 Å². The van der Waals surface area contributed by atoms with E-state index in [2.05, 4.69) is 20.8 Å². The second kappa shape index (κ2) is 7.60. The molecule has 0 fully saturated rings. The fraction of sp³-hybridized carbons (Fsp3) is 1.00. The lowest BCUT2D eigenvalue weighted by molar-refractivity contribution is 0.144. The van der Waals surface area contributed by atoms with Crippen molar-refractivity contribution in [3.05, 3.63) is 0 Å². The zero-order valence-corrected chi connectivity index (χ0v) is 8.84. The third-order valence-electron chi connectivity index (χ3n) is 2.40. The number of aliphatic hydroxyl groups is 1. The Hall–Kier alpha value is -0.0400. The number of aliphatic hydroxyl groups excluding tert-OH is 1. The van der Waals surface area contributed by atoms with E-state index in [0.717, 1.165) is 25.2 Å². The summed E-state index contributed by atoms with van der Waals surface area (Å²) in [4.78, 5) is 0. The quantitative estimate of drug-likeness (QED) is 0.624. The summed E-state index contributed by atoms with van der Waals surface area (Å²) in [7, 11) is 0. The summed E-state index contributed by atoms with van der Waals surface area (Å²) >= 11 is 0. The van der Waals surface area contributed by atoms with E-state index in [0.29, 0.717) is 0 Å². The third-order valence-corrected chi connectivity index (χ3v) is 2.40. The Balaban J connectivity index is 3.27. The normalized spacial score (nSPS) is 16.0. The summed E-state index contributed by atoms with van der Waals surface area (Å²) in [6.07, 6.45) is 6.78. The molecule has 0 aliphatic carbocycles. The van der Waals surface area contributed by atoms with Crippen LogP contribution in [0.15, 0.2) is 0 Å². The highest BCUT2D eigenvalue weighted by atomic mass is 16.3. The maximum absolute atomic E-state index is 9.47. The summed E-state index contributed by atoms with van der Waals surface area (Å²) in [5, 5.41) is 9.47. The minimum Gasteiger partial charge on any atom is -0.393 e. The molecule has 1 heteroatoms. The molecule has 0 saturated carbocycles. The molecule has 0 radical (unpaired) electrons. The van der Waals surface area contributed by atoms with Crippen LogP contribution in [0, 0.1) is 5.92 Å². The van der Waals surface area contributed by atoms with Gasteiger partial charge in [0.1, 0.15) is 0 Å². The summed E-state index contributed by atoms with van der Waals surface area (Å²) in [5.74, 6) is 0.793. The lowest BCUT2D eigenvalue weighted by atomic mass is 9.97. The molecule has 0 aliphatic heterocycles. The molecule has 2 unspecified atom stereocenters. The maximum Gasteiger partial charge on any atom is 0.0540 e. The van der Waals surface area contributed by atoms with Crippen LogP contribution in [0.2, 0.25) is 0 Å². The third kappa shape index (κ3) is 6.66. The van der Waals surface area contributed by atoms with Crippen LogP contribution < -0.4 is 0 Å². The fourth-order valence-corrected chi connectivity index (χ4v) is 1.59. The Morgan fingerprint density at radius 1 is 0.917 bits per heavy atom. The van der Waals surface area contributed by atoms with Crippen LogP contribution in [0.3, 0.4) is 0 Å². The van der Waals surface area contributed by atoms with Crippen LogP contribution in [0.5, 0.6) is 0 Å². The second-order valence-electron chi connectivity index (χ2n) is 3.91. The first-order valence-corrected chi connectivity index (χ1v) is 5.38. The molecule has 0 aromatic heterocycles. The van der Waals surface area contributed by atoms with Crippen LogP contribution in [-0.4, -0.2) is 11.2 Å². The predicted molar refractivity (Wildman–Crippen MR) is 54.2 cm³/mol. The van der Waals surface area contributed by atoms with Crippen LogP contribution in [0.25, 0.3) is 0 Å². The number of hydrogen-bond acceptors (Lipinski definition) is 1. The van der Waals surface area contributed by atoms with E-state index in [4.69, 9.17) is 0 Å². The van der Waals surface area contributed by atoms with Crippen molar-refractivity contribution in [1.29, 1.82) is 0 Å². The van der Waals surface area contributed by atoms with Gasteiger partial charge in [-0.15, -0.1) is 0 Å². The van der Waals surface area contributed by atoms with Gasteiger partial charge >= 0.3 is 0 Å². The van der Waals surface area contributed by atoms with Crippen molar-refractivity contribution in [2.45, 2.75) is 65.4 Å². The van der Waals surface area contributed by atoms with Crippen LogP contribution in [0.4, 0.5) is 0 Å². The molecule has 0 amide bonds. The average molecular weight is 172 g/mol. The van der Waals surface area contributed by atoms with Crippen molar-refractivity contribution in [1.82, 2.24) is 0 Å². The first-order chi connectivity index (χ1) is 5.70. The second-order valence-corrected chi connectivity index (χ2v) is 3.91. The van der Waals surface area contributed by atoms with Crippen molar-refractivity contribution < 1.29 is 5.11 Å². The van der Waals surface area contributed by atoms with Crippen LogP contribution >= 0.6 is 0 Å². The van der Waals surface area contributed by atoms with Gasteiger partial charge in [-0.25, -0.2) is 0 Å². The first-order valence-electron chi connectivity index (χ1n) is 5.38. The SMILES string of the molecule is CCCC(C)CCC(O)CCC. The zero-order chi connectivity index (χ0) is 9.40. The standard InChI is InChI=1S/C11H24O/c1-4-6-10(3)8-9-11(12)7-5-2/h10-12H,4-9H2,1-3H3.